The Kier molecular flexibility index (Phi) is 4.55. The van der Waals surface area contributed by atoms with Gasteiger partial charge in [-0.05, 0) is 65.7 Å². The predicted molar refractivity (Wildman–Crippen MR) is 83.0 cm³/mol. The highest BCUT2D eigenvalue weighted by Gasteiger charge is 2.24. The van der Waals surface area contributed by atoms with Gasteiger partial charge in [-0.1, -0.05) is 13.3 Å². The van der Waals surface area contributed by atoms with Crippen LogP contribution in [-0.4, -0.2) is 13.1 Å². The molecule has 0 amide bonds. The summed E-state index contributed by atoms with van der Waals surface area (Å²) in [7, 11) is 2.20. The molecule has 0 atom stereocenters. The number of nitrogens with two attached hydrogens (primary N) is 1. The third-order valence-corrected chi connectivity index (χ3v) is 4.93. The topological polar surface area (TPSA) is 29.3 Å². The highest BCUT2D eigenvalue weighted by molar-refractivity contribution is 9.10. The van der Waals surface area contributed by atoms with Gasteiger partial charge in [-0.15, -0.1) is 0 Å². The monoisotopic (exact) mass is 310 g/mol. The van der Waals surface area contributed by atoms with E-state index in [-0.39, 0.29) is 0 Å². The summed E-state index contributed by atoms with van der Waals surface area (Å²) >= 11 is 3.62. The van der Waals surface area contributed by atoms with Crippen molar-refractivity contribution >= 4 is 27.3 Å². The molecule has 0 radical (unpaired) electrons. The molecule has 0 aromatic heterocycles. The van der Waals surface area contributed by atoms with Gasteiger partial charge in [-0.3, -0.25) is 0 Å². The Morgan fingerprint density at radius 1 is 1.28 bits per heavy atom. The van der Waals surface area contributed by atoms with E-state index in [9.17, 15) is 0 Å². The number of nitrogens with zero attached hydrogens (tertiary/aromatic N) is 1. The summed E-state index contributed by atoms with van der Waals surface area (Å²) in [5, 5.41) is 0. The van der Waals surface area contributed by atoms with Gasteiger partial charge in [-0.2, -0.15) is 0 Å². The van der Waals surface area contributed by atoms with Crippen LogP contribution in [0.2, 0.25) is 0 Å². The van der Waals surface area contributed by atoms with E-state index < -0.39 is 0 Å². The average molecular weight is 311 g/mol. The molecule has 1 aromatic rings. The fraction of sp³-hybridized carbons (Fsp3) is 0.600. The van der Waals surface area contributed by atoms with E-state index in [2.05, 4.69) is 40.9 Å². The average Bonchev–Trinajstić information content (AvgIpc) is 2.38. The van der Waals surface area contributed by atoms with Crippen LogP contribution in [0.3, 0.4) is 0 Å². The van der Waals surface area contributed by atoms with Crippen molar-refractivity contribution < 1.29 is 0 Å². The van der Waals surface area contributed by atoms with E-state index in [1.807, 2.05) is 12.1 Å². The van der Waals surface area contributed by atoms with Crippen molar-refractivity contribution in [1.29, 1.82) is 0 Å². The normalized spacial score (nSPS) is 23.9. The van der Waals surface area contributed by atoms with E-state index in [0.717, 1.165) is 16.1 Å². The Morgan fingerprint density at radius 2 is 1.94 bits per heavy atom. The maximum atomic E-state index is 5.79. The molecule has 1 aliphatic rings. The van der Waals surface area contributed by atoms with E-state index in [4.69, 9.17) is 5.73 Å². The summed E-state index contributed by atoms with van der Waals surface area (Å²) in [6.45, 7) is 2.31. The molecule has 0 unspecified atom stereocenters. The lowest BCUT2D eigenvalue weighted by Crippen LogP contribution is -2.35. The summed E-state index contributed by atoms with van der Waals surface area (Å²) < 4.78 is 1.10. The number of benzene rings is 1. The number of hydrogen-bond acceptors (Lipinski definition) is 2. The Bertz CT molecular complexity index is 397. The van der Waals surface area contributed by atoms with Gasteiger partial charge in [0.15, 0.2) is 0 Å². The Morgan fingerprint density at radius 3 is 2.50 bits per heavy atom. The van der Waals surface area contributed by atoms with Crippen LogP contribution < -0.4 is 10.6 Å². The third kappa shape index (κ3) is 3.00. The first-order valence-electron chi connectivity index (χ1n) is 6.89. The zero-order valence-corrected chi connectivity index (χ0v) is 12.9. The van der Waals surface area contributed by atoms with Gasteiger partial charge in [0.2, 0.25) is 0 Å². The molecule has 18 heavy (non-hydrogen) atoms. The summed E-state index contributed by atoms with van der Waals surface area (Å²) in [6, 6.07) is 6.76. The van der Waals surface area contributed by atoms with Crippen molar-refractivity contribution in [3.8, 4) is 0 Å². The van der Waals surface area contributed by atoms with Gasteiger partial charge in [0, 0.05) is 23.2 Å². The van der Waals surface area contributed by atoms with Crippen LogP contribution >= 0.6 is 15.9 Å². The number of nitrogen functional groups attached to an aromatic ring is 1. The molecule has 3 heteroatoms. The van der Waals surface area contributed by atoms with E-state index in [0.29, 0.717) is 6.04 Å². The molecule has 0 aliphatic heterocycles. The first-order valence-corrected chi connectivity index (χ1v) is 7.69. The van der Waals surface area contributed by atoms with Crippen LogP contribution in [0.4, 0.5) is 11.4 Å². The highest BCUT2D eigenvalue weighted by atomic mass is 79.9. The second kappa shape index (κ2) is 5.96. The molecular formula is C15H23BrN2. The van der Waals surface area contributed by atoms with E-state index >= 15 is 0 Å². The van der Waals surface area contributed by atoms with Crippen molar-refractivity contribution in [2.75, 3.05) is 17.7 Å². The minimum absolute atomic E-state index is 0.674. The minimum Gasteiger partial charge on any atom is -0.399 e. The van der Waals surface area contributed by atoms with Crippen LogP contribution in [0.25, 0.3) is 0 Å². The molecule has 100 valence electrons. The van der Waals surface area contributed by atoms with Crippen molar-refractivity contribution in [3.63, 3.8) is 0 Å². The molecular weight excluding hydrogens is 288 g/mol. The quantitative estimate of drug-likeness (QED) is 0.836. The van der Waals surface area contributed by atoms with Crippen molar-refractivity contribution in [3.05, 3.63) is 22.7 Å². The summed E-state index contributed by atoms with van der Waals surface area (Å²) in [4.78, 5) is 2.41. The van der Waals surface area contributed by atoms with Gasteiger partial charge >= 0.3 is 0 Å². The smallest absolute Gasteiger partial charge is 0.0512 e. The molecule has 0 heterocycles. The van der Waals surface area contributed by atoms with Gasteiger partial charge in [0.25, 0.3) is 0 Å². The first kappa shape index (κ1) is 13.7. The molecule has 2 N–H and O–H groups in total. The summed E-state index contributed by atoms with van der Waals surface area (Å²) in [5.41, 5.74) is 7.86. The molecule has 1 aliphatic carbocycles. The van der Waals surface area contributed by atoms with Crippen LogP contribution in [-0.2, 0) is 0 Å². The Balaban J connectivity index is 2.05. The highest BCUT2D eigenvalue weighted by Crippen LogP contribution is 2.34. The molecule has 0 saturated heterocycles. The zero-order valence-electron chi connectivity index (χ0n) is 11.3. The molecule has 0 bridgehead atoms. The maximum Gasteiger partial charge on any atom is 0.0512 e. The van der Waals surface area contributed by atoms with Crippen LogP contribution in [0.5, 0.6) is 0 Å². The third-order valence-electron chi connectivity index (χ3n) is 4.29. The zero-order chi connectivity index (χ0) is 13.1. The molecule has 2 rings (SSSR count). The fourth-order valence-corrected chi connectivity index (χ4v) is 3.62. The SMILES string of the molecule is CCC1CCC(N(C)c2ccc(N)cc2Br)CC1. The number of anilines is 2. The van der Waals surface area contributed by atoms with Gasteiger partial charge in [0.1, 0.15) is 0 Å². The van der Waals surface area contributed by atoms with Crippen LogP contribution in [0, 0.1) is 5.92 Å². The minimum atomic E-state index is 0.674. The summed E-state index contributed by atoms with van der Waals surface area (Å²) in [5.74, 6) is 0.949. The Labute approximate surface area is 119 Å². The standard InChI is InChI=1S/C15H23BrN2/c1-3-11-4-7-13(8-5-11)18(2)15-9-6-12(17)10-14(15)16/h6,9-11,13H,3-5,7-8,17H2,1-2H3. The van der Waals surface area contributed by atoms with Gasteiger partial charge in [-0.25, -0.2) is 0 Å². The fourth-order valence-electron chi connectivity index (χ4n) is 2.95. The largest absolute Gasteiger partial charge is 0.399 e. The van der Waals surface area contributed by atoms with Gasteiger partial charge in [0.05, 0.1) is 5.69 Å². The molecule has 0 spiro atoms. The van der Waals surface area contributed by atoms with E-state index in [1.54, 1.807) is 0 Å². The molecule has 1 aromatic carbocycles. The maximum absolute atomic E-state index is 5.79. The number of halogens is 1. The Hall–Kier alpha value is -0.700. The summed E-state index contributed by atoms with van der Waals surface area (Å²) in [6.07, 6.45) is 6.70. The number of hydrogen-bond donors (Lipinski definition) is 1. The predicted octanol–water partition coefficient (Wildman–Crippen LogP) is 4.44. The number of rotatable bonds is 3. The van der Waals surface area contributed by atoms with Crippen LogP contribution in [0.1, 0.15) is 39.0 Å². The molecule has 1 saturated carbocycles. The van der Waals surface area contributed by atoms with Crippen molar-refractivity contribution in [2.45, 2.75) is 45.1 Å². The van der Waals surface area contributed by atoms with Crippen molar-refractivity contribution in [1.82, 2.24) is 0 Å². The first-order chi connectivity index (χ1) is 8.61. The van der Waals surface area contributed by atoms with Crippen molar-refractivity contribution in [2.24, 2.45) is 5.92 Å². The molecule has 1 fully saturated rings. The van der Waals surface area contributed by atoms with E-state index in [1.165, 1.54) is 37.8 Å². The lowest BCUT2D eigenvalue weighted by Gasteiger charge is -2.36. The molecule has 2 nitrogen and oxygen atoms in total. The second-order valence-electron chi connectivity index (χ2n) is 5.40. The second-order valence-corrected chi connectivity index (χ2v) is 6.26. The lowest BCUT2D eigenvalue weighted by molar-refractivity contribution is 0.313. The van der Waals surface area contributed by atoms with Crippen LogP contribution in [0.15, 0.2) is 22.7 Å². The van der Waals surface area contributed by atoms with Gasteiger partial charge < -0.3 is 10.6 Å². The lowest BCUT2D eigenvalue weighted by atomic mass is 9.84.